The average Bonchev–Trinajstić information content (AvgIpc) is 3.55. The van der Waals surface area contributed by atoms with Gasteiger partial charge in [-0.2, -0.15) is 0 Å². The summed E-state index contributed by atoms with van der Waals surface area (Å²) in [5, 5.41) is 4.09. The molecule has 2 aromatic rings. The van der Waals surface area contributed by atoms with Gasteiger partial charge in [-0.3, -0.25) is 9.89 Å². The summed E-state index contributed by atoms with van der Waals surface area (Å²) in [7, 11) is 0. The second-order valence-electron chi connectivity index (χ2n) is 12.7. The number of halogens is 3. The molecule has 8 rings (SSSR count). The third-order valence-corrected chi connectivity index (χ3v) is 10.1. The zero-order valence-electron chi connectivity index (χ0n) is 23.7. The van der Waals surface area contributed by atoms with Gasteiger partial charge in [0.2, 0.25) is 0 Å². The molecule has 1 N–H and O–H groups in total. The van der Waals surface area contributed by atoms with E-state index < -0.39 is 11.6 Å². The van der Waals surface area contributed by atoms with E-state index in [0.717, 1.165) is 56.3 Å². The lowest BCUT2D eigenvalue weighted by atomic mass is 9.90. The van der Waals surface area contributed by atoms with Crippen molar-refractivity contribution in [1.82, 2.24) is 15.1 Å². The summed E-state index contributed by atoms with van der Waals surface area (Å²) < 4.78 is 38.7. The van der Waals surface area contributed by atoms with Gasteiger partial charge < -0.3 is 15.0 Å². The number of nitrogens with one attached hydrogen (secondary N) is 1. The number of ether oxygens (including phenoxy) is 1. The summed E-state index contributed by atoms with van der Waals surface area (Å²) >= 11 is 6.62. The van der Waals surface area contributed by atoms with Crippen molar-refractivity contribution < 1.29 is 13.5 Å². The molecule has 41 heavy (non-hydrogen) atoms. The molecule has 0 spiro atoms. The smallest absolute Gasteiger partial charge is 0.160 e. The summed E-state index contributed by atoms with van der Waals surface area (Å²) in [6.45, 7) is 10.0. The first-order valence-electron chi connectivity index (χ1n) is 15.0. The molecular formula is C32H38ClF2N5O. The molecule has 6 nitrogen and oxygen atoms in total. The molecule has 2 unspecified atom stereocenters. The number of hydrogen-bond acceptors (Lipinski definition) is 5. The van der Waals surface area contributed by atoms with Gasteiger partial charge in [0, 0.05) is 41.3 Å². The topological polar surface area (TPSA) is 52.5 Å². The lowest BCUT2D eigenvalue weighted by molar-refractivity contribution is 0.0384. The minimum Gasteiger partial charge on any atom is -0.357 e. The van der Waals surface area contributed by atoms with Crippen molar-refractivity contribution in [2.24, 2.45) is 9.98 Å². The van der Waals surface area contributed by atoms with Crippen molar-refractivity contribution in [2.75, 3.05) is 39.5 Å². The number of hydrogen-bond donors (Lipinski definition) is 1. The fourth-order valence-corrected chi connectivity index (χ4v) is 8.20. The van der Waals surface area contributed by atoms with E-state index >= 15 is 8.78 Å². The van der Waals surface area contributed by atoms with Crippen LogP contribution in [0, 0.1) is 18.6 Å². The maximum Gasteiger partial charge on any atom is 0.160 e. The predicted octanol–water partition coefficient (Wildman–Crippen LogP) is 6.20. The molecule has 9 heteroatoms. The Bertz CT molecular complexity index is 1380. The minimum atomic E-state index is -0.723. The first-order chi connectivity index (χ1) is 19.9. The molecule has 2 bridgehead atoms. The van der Waals surface area contributed by atoms with Gasteiger partial charge in [-0.05, 0) is 106 Å². The zero-order valence-corrected chi connectivity index (χ0v) is 24.5. The van der Waals surface area contributed by atoms with E-state index in [9.17, 15) is 0 Å². The number of piperazine rings is 1. The summed E-state index contributed by atoms with van der Waals surface area (Å²) in [5.41, 5.74) is 2.53. The second kappa shape index (κ2) is 10.7. The predicted molar refractivity (Wildman–Crippen MR) is 160 cm³/mol. The van der Waals surface area contributed by atoms with Crippen molar-refractivity contribution in [3.05, 3.63) is 51.5 Å². The van der Waals surface area contributed by atoms with Crippen LogP contribution in [0.4, 0.5) is 14.5 Å². The molecule has 5 heterocycles. The lowest BCUT2D eigenvalue weighted by Crippen LogP contribution is -2.67. The molecule has 1 aliphatic carbocycles. The number of piperidine rings is 1. The number of fused-ring (bicyclic) bond motifs is 3. The van der Waals surface area contributed by atoms with Crippen LogP contribution in [0.1, 0.15) is 67.6 Å². The first kappa shape index (κ1) is 27.4. The normalized spacial score (nSPS) is 25.4. The number of nitrogens with zero attached hydrogens (tertiary/aromatic N) is 4. The van der Waals surface area contributed by atoms with E-state index in [1.165, 1.54) is 18.9 Å². The standard InChI is InChI=1S/C32H38ClF2N5O/c1-19-11-23(27(20-5-6-20)25(33)12-19)28-26(34)14-24(30(36-2)29(28)35)31(39-15-21-13-22(16-39)38-21)37-18-41-17-32-7-3-9-40(32)10-4-8-32/h11-12,14,20-22,38H,2-10,13,15-18H2,1H3/b37-31+. The highest BCUT2D eigenvalue weighted by atomic mass is 35.5. The summed E-state index contributed by atoms with van der Waals surface area (Å²) in [6.07, 6.45) is 7.74. The van der Waals surface area contributed by atoms with Gasteiger partial charge in [-0.1, -0.05) is 17.7 Å². The molecule has 0 radical (unpaired) electrons. The van der Waals surface area contributed by atoms with Crippen LogP contribution in [-0.4, -0.2) is 79.5 Å². The van der Waals surface area contributed by atoms with Crippen LogP contribution >= 0.6 is 11.6 Å². The molecule has 2 aromatic carbocycles. The molecule has 5 aliphatic heterocycles. The van der Waals surface area contributed by atoms with Gasteiger partial charge in [0.05, 0.1) is 12.2 Å². The maximum absolute atomic E-state index is 16.4. The van der Waals surface area contributed by atoms with Crippen molar-refractivity contribution in [3.63, 3.8) is 0 Å². The fourth-order valence-electron chi connectivity index (χ4n) is 7.77. The summed E-state index contributed by atoms with van der Waals surface area (Å²) in [6, 6.07) is 5.76. The number of aryl methyl sites for hydroxylation is 1. The van der Waals surface area contributed by atoms with Crippen molar-refractivity contribution >= 4 is 29.8 Å². The van der Waals surface area contributed by atoms with Gasteiger partial charge in [0.15, 0.2) is 5.82 Å². The monoisotopic (exact) mass is 581 g/mol. The minimum absolute atomic E-state index is 0.0167. The Balaban J connectivity index is 1.25. The van der Waals surface area contributed by atoms with Crippen molar-refractivity contribution in [2.45, 2.75) is 75.4 Å². The van der Waals surface area contributed by atoms with Crippen LogP contribution in [0.5, 0.6) is 0 Å². The fraction of sp³-hybridized carbons (Fsp3) is 0.562. The highest BCUT2D eigenvalue weighted by Crippen LogP contribution is 2.50. The molecule has 5 saturated heterocycles. The average molecular weight is 582 g/mol. The van der Waals surface area contributed by atoms with Gasteiger partial charge in [0.25, 0.3) is 0 Å². The molecule has 2 atom stereocenters. The van der Waals surface area contributed by atoms with Gasteiger partial charge in [-0.15, -0.1) is 0 Å². The van der Waals surface area contributed by atoms with Crippen LogP contribution in [-0.2, 0) is 4.74 Å². The lowest BCUT2D eigenvalue weighted by Gasteiger charge is -2.49. The van der Waals surface area contributed by atoms with E-state index in [2.05, 4.69) is 26.8 Å². The van der Waals surface area contributed by atoms with E-state index in [1.54, 1.807) is 0 Å². The number of aliphatic imine (C=N–C) groups is 2. The third-order valence-electron chi connectivity index (χ3n) is 9.83. The Morgan fingerprint density at radius 1 is 1.15 bits per heavy atom. The first-order valence-corrected chi connectivity index (χ1v) is 15.4. The van der Waals surface area contributed by atoms with Crippen molar-refractivity contribution in [1.29, 1.82) is 0 Å². The molecular weight excluding hydrogens is 544 g/mol. The van der Waals surface area contributed by atoms with Crippen LogP contribution in [0.2, 0.25) is 5.02 Å². The Hall–Kier alpha value is -2.39. The maximum atomic E-state index is 16.4. The Morgan fingerprint density at radius 3 is 2.51 bits per heavy atom. The van der Waals surface area contributed by atoms with E-state index in [0.29, 0.717) is 53.8 Å². The Labute approximate surface area is 245 Å². The van der Waals surface area contributed by atoms with Crippen LogP contribution in [0.25, 0.3) is 11.1 Å². The van der Waals surface area contributed by atoms with E-state index in [4.69, 9.17) is 21.3 Å². The van der Waals surface area contributed by atoms with Crippen molar-refractivity contribution in [3.8, 4) is 11.1 Å². The summed E-state index contributed by atoms with van der Waals surface area (Å²) in [4.78, 5) is 13.6. The molecule has 6 fully saturated rings. The summed E-state index contributed by atoms with van der Waals surface area (Å²) in [5.74, 6) is -0.633. The highest BCUT2D eigenvalue weighted by Gasteiger charge is 2.44. The molecule has 0 amide bonds. The molecule has 6 aliphatic rings. The van der Waals surface area contributed by atoms with Gasteiger partial charge in [0.1, 0.15) is 24.1 Å². The number of amidine groups is 1. The Kier molecular flexibility index (Phi) is 7.17. The van der Waals surface area contributed by atoms with Crippen LogP contribution in [0.3, 0.4) is 0 Å². The second-order valence-corrected chi connectivity index (χ2v) is 13.1. The molecule has 218 valence electrons. The molecule has 0 aromatic heterocycles. The quantitative estimate of drug-likeness (QED) is 0.229. The number of benzene rings is 2. The highest BCUT2D eigenvalue weighted by molar-refractivity contribution is 6.32. The number of rotatable bonds is 8. The SMILES string of the molecule is C=Nc1c(/C(=N\COCC23CCCN2CCC3)N2CC3CC(C2)N3)cc(F)c(-c2cc(C)cc(Cl)c2C2CC2)c1F. The van der Waals surface area contributed by atoms with Gasteiger partial charge >= 0.3 is 0 Å². The molecule has 1 saturated carbocycles. The van der Waals surface area contributed by atoms with E-state index in [-0.39, 0.29) is 29.4 Å². The zero-order chi connectivity index (χ0) is 28.3. The third kappa shape index (κ3) is 4.90. The van der Waals surface area contributed by atoms with Crippen LogP contribution in [0.15, 0.2) is 28.2 Å². The van der Waals surface area contributed by atoms with E-state index in [1.807, 2.05) is 19.1 Å². The van der Waals surface area contributed by atoms with Gasteiger partial charge in [-0.25, -0.2) is 13.8 Å². The van der Waals surface area contributed by atoms with Crippen LogP contribution < -0.4 is 5.32 Å². The Morgan fingerprint density at radius 2 is 1.85 bits per heavy atom. The largest absolute Gasteiger partial charge is 0.357 e.